The van der Waals surface area contributed by atoms with Gasteiger partial charge in [0.25, 0.3) is 0 Å². The molecule has 8 heteroatoms. The Morgan fingerprint density at radius 2 is 1.87 bits per heavy atom. The van der Waals surface area contributed by atoms with E-state index in [1.165, 1.54) is 0 Å². The molecule has 0 amide bonds. The van der Waals surface area contributed by atoms with Crippen molar-refractivity contribution < 1.29 is 14.3 Å². The molecule has 1 saturated heterocycles. The minimum atomic E-state index is -0.00653. The van der Waals surface area contributed by atoms with E-state index < -0.39 is 0 Å². The van der Waals surface area contributed by atoms with Gasteiger partial charge < -0.3 is 19.7 Å². The minimum Gasteiger partial charge on any atom is -0.497 e. The molecule has 38 heavy (non-hydrogen) atoms. The van der Waals surface area contributed by atoms with E-state index in [0.29, 0.717) is 24.7 Å². The van der Waals surface area contributed by atoms with Gasteiger partial charge >= 0.3 is 0 Å². The van der Waals surface area contributed by atoms with Crippen molar-refractivity contribution in [2.45, 2.75) is 51.2 Å². The highest BCUT2D eigenvalue weighted by atomic mass is 16.5. The number of anilines is 2. The van der Waals surface area contributed by atoms with Gasteiger partial charge in [-0.25, -0.2) is 9.97 Å². The summed E-state index contributed by atoms with van der Waals surface area (Å²) in [5, 5.41) is 3.37. The summed E-state index contributed by atoms with van der Waals surface area (Å²) in [6.45, 7) is 3.32. The number of Topliss-reactive ketones (excluding diaryl/α,β-unsaturated/α-hetero) is 1. The van der Waals surface area contributed by atoms with Crippen LogP contribution in [0.1, 0.15) is 43.2 Å². The summed E-state index contributed by atoms with van der Waals surface area (Å²) in [6.07, 6.45) is 6.28. The number of nitrogens with one attached hydrogen (secondary N) is 1. The lowest BCUT2D eigenvalue weighted by molar-refractivity contribution is -0.123. The topological polar surface area (TPSA) is 79.8 Å². The van der Waals surface area contributed by atoms with Crippen LogP contribution >= 0.6 is 0 Å². The van der Waals surface area contributed by atoms with Crippen LogP contribution in [-0.2, 0) is 17.9 Å². The summed E-state index contributed by atoms with van der Waals surface area (Å²) in [6, 6.07) is 14.2. The van der Waals surface area contributed by atoms with E-state index in [4.69, 9.17) is 14.5 Å². The Balaban J connectivity index is 1.50. The smallest absolute Gasteiger partial charge is 0.227 e. The van der Waals surface area contributed by atoms with Gasteiger partial charge in [0.1, 0.15) is 17.3 Å². The van der Waals surface area contributed by atoms with Crippen LogP contribution in [0.5, 0.6) is 11.5 Å². The zero-order valence-corrected chi connectivity index (χ0v) is 22.6. The molecule has 6 bridgehead atoms. The molecule has 0 saturated carbocycles. The molecule has 0 spiro atoms. The van der Waals surface area contributed by atoms with Gasteiger partial charge in [0, 0.05) is 48.6 Å². The Hall–Kier alpha value is -3.49. The van der Waals surface area contributed by atoms with E-state index >= 15 is 0 Å². The van der Waals surface area contributed by atoms with Gasteiger partial charge in [-0.1, -0.05) is 0 Å². The van der Waals surface area contributed by atoms with Crippen LogP contribution in [0.4, 0.5) is 11.6 Å². The van der Waals surface area contributed by atoms with Crippen LogP contribution in [0.15, 0.2) is 48.7 Å². The Kier molecular flexibility index (Phi) is 8.20. The predicted octanol–water partition coefficient (Wildman–Crippen LogP) is 5.05. The van der Waals surface area contributed by atoms with E-state index in [9.17, 15) is 4.79 Å². The Morgan fingerprint density at radius 3 is 2.71 bits per heavy atom. The van der Waals surface area contributed by atoms with Crippen molar-refractivity contribution in [3.8, 4) is 22.8 Å². The highest BCUT2D eigenvalue weighted by Crippen LogP contribution is 2.30. The standard InChI is InChI=1S/C30H37N5O3/c1-34-13-5-4-8-28(36)27-7-6-14-35(27)19-21-15-24(18-25(16-21)37-2)32-30-31-12-11-26(33-30)22-9-10-29(38-3)23(17-22)20-34/h9-12,15-18,27H,4-8,13-14,19-20H2,1-3H3,(H,31,32,33)/t27-/m0/s1. The van der Waals surface area contributed by atoms with Crippen molar-refractivity contribution >= 4 is 17.4 Å². The molecule has 2 aromatic carbocycles. The number of ketones is 1. The van der Waals surface area contributed by atoms with Gasteiger partial charge in [0.15, 0.2) is 0 Å². The summed E-state index contributed by atoms with van der Waals surface area (Å²) in [4.78, 5) is 27.1. The number of methoxy groups -OCH3 is 2. The summed E-state index contributed by atoms with van der Waals surface area (Å²) < 4.78 is 11.3. The lowest BCUT2D eigenvalue weighted by atomic mass is 10.0. The molecule has 3 heterocycles. The third-order valence-electron chi connectivity index (χ3n) is 7.46. The van der Waals surface area contributed by atoms with E-state index in [1.807, 2.05) is 30.3 Å². The Labute approximate surface area is 225 Å². The summed E-state index contributed by atoms with van der Waals surface area (Å²) in [5.41, 5.74) is 4.89. The molecule has 2 aliphatic rings. The van der Waals surface area contributed by atoms with Crippen molar-refractivity contribution in [3.63, 3.8) is 0 Å². The predicted molar refractivity (Wildman–Crippen MR) is 149 cm³/mol. The molecular formula is C30H37N5O3. The van der Waals surface area contributed by atoms with Crippen molar-refractivity contribution in [2.24, 2.45) is 0 Å². The zero-order chi connectivity index (χ0) is 26.5. The molecule has 0 aliphatic carbocycles. The number of aromatic nitrogens is 2. The highest BCUT2D eigenvalue weighted by molar-refractivity contribution is 5.84. The fourth-order valence-corrected chi connectivity index (χ4v) is 5.54. The lowest BCUT2D eigenvalue weighted by Gasteiger charge is -2.24. The number of hydrogen-bond donors (Lipinski definition) is 1. The van der Waals surface area contributed by atoms with Crippen LogP contribution in [0.2, 0.25) is 0 Å². The molecule has 2 aliphatic heterocycles. The molecule has 1 N–H and O–H groups in total. The average Bonchev–Trinajstić information content (AvgIpc) is 3.38. The van der Waals surface area contributed by atoms with Crippen molar-refractivity contribution in [2.75, 3.05) is 39.7 Å². The number of fused-ring (bicyclic) bond motifs is 8. The first-order valence-corrected chi connectivity index (χ1v) is 13.4. The number of nitrogens with zero attached hydrogens (tertiary/aromatic N) is 4. The number of carbonyl (C=O) groups excluding carboxylic acids is 1. The zero-order valence-electron chi connectivity index (χ0n) is 22.6. The van der Waals surface area contributed by atoms with E-state index in [1.54, 1.807) is 20.4 Å². The van der Waals surface area contributed by atoms with Crippen molar-refractivity contribution in [1.82, 2.24) is 19.8 Å². The Morgan fingerprint density at radius 1 is 0.974 bits per heavy atom. The molecule has 1 fully saturated rings. The molecule has 5 rings (SSSR count). The quantitative estimate of drug-likeness (QED) is 0.508. The van der Waals surface area contributed by atoms with Gasteiger partial charge in [0.2, 0.25) is 5.95 Å². The van der Waals surface area contributed by atoms with E-state index in [2.05, 4.69) is 39.3 Å². The minimum absolute atomic E-state index is 0.00653. The van der Waals surface area contributed by atoms with E-state index in [0.717, 1.165) is 84.9 Å². The second-order valence-electron chi connectivity index (χ2n) is 10.3. The summed E-state index contributed by atoms with van der Waals surface area (Å²) >= 11 is 0. The molecular weight excluding hydrogens is 478 g/mol. The van der Waals surface area contributed by atoms with Gasteiger partial charge in [-0.3, -0.25) is 9.69 Å². The van der Waals surface area contributed by atoms with Crippen LogP contribution in [0.3, 0.4) is 0 Å². The van der Waals surface area contributed by atoms with E-state index in [-0.39, 0.29) is 6.04 Å². The average molecular weight is 516 g/mol. The number of hydrogen-bond acceptors (Lipinski definition) is 8. The first kappa shape index (κ1) is 26.1. The summed E-state index contributed by atoms with van der Waals surface area (Å²) in [7, 11) is 5.49. The maximum atomic E-state index is 13.2. The lowest BCUT2D eigenvalue weighted by Crippen LogP contribution is -2.35. The fraction of sp³-hybridized carbons (Fsp3) is 0.433. The van der Waals surface area contributed by atoms with Crippen LogP contribution in [-0.4, -0.2) is 65.9 Å². The SMILES string of the molecule is COc1cc2cc(c1)Nc1nccc(n1)-c1ccc(OC)c(c1)CN(C)CCCCC(=O)[C@@H]1CCCN1C2. The highest BCUT2D eigenvalue weighted by Gasteiger charge is 2.30. The van der Waals surface area contributed by atoms with Crippen LogP contribution in [0, 0.1) is 0 Å². The van der Waals surface area contributed by atoms with Gasteiger partial charge in [-0.05, 0) is 87.8 Å². The van der Waals surface area contributed by atoms with Crippen molar-refractivity contribution in [1.29, 1.82) is 0 Å². The molecule has 0 radical (unpaired) electrons. The number of carbonyl (C=O) groups is 1. The largest absolute Gasteiger partial charge is 0.497 e. The van der Waals surface area contributed by atoms with Crippen LogP contribution < -0.4 is 14.8 Å². The molecule has 0 unspecified atom stereocenters. The van der Waals surface area contributed by atoms with Gasteiger partial charge in [-0.15, -0.1) is 0 Å². The molecule has 1 aromatic heterocycles. The van der Waals surface area contributed by atoms with Gasteiger partial charge in [-0.2, -0.15) is 0 Å². The second-order valence-corrected chi connectivity index (χ2v) is 10.3. The first-order chi connectivity index (χ1) is 18.5. The molecule has 200 valence electrons. The number of rotatable bonds is 2. The Bertz CT molecular complexity index is 1280. The van der Waals surface area contributed by atoms with Crippen LogP contribution in [0.25, 0.3) is 11.3 Å². The van der Waals surface area contributed by atoms with Gasteiger partial charge in [0.05, 0.1) is 26.0 Å². The number of benzene rings is 2. The third kappa shape index (κ3) is 6.14. The number of ether oxygens (including phenoxy) is 2. The third-order valence-corrected chi connectivity index (χ3v) is 7.46. The maximum Gasteiger partial charge on any atom is 0.227 e. The second kappa shape index (κ2) is 11.9. The fourth-order valence-electron chi connectivity index (χ4n) is 5.54. The maximum absolute atomic E-state index is 13.2. The van der Waals surface area contributed by atoms with Crippen molar-refractivity contribution in [3.05, 3.63) is 59.8 Å². The molecule has 8 nitrogen and oxygen atoms in total. The normalized spacial score (nSPS) is 19.3. The molecule has 1 atom stereocenters. The summed E-state index contributed by atoms with van der Waals surface area (Å²) in [5.74, 6) is 2.49. The monoisotopic (exact) mass is 515 g/mol. The first-order valence-electron chi connectivity index (χ1n) is 13.4. The molecule has 3 aromatic rings.